The van der Waals surface area contributed by atoms with E-state index in [-0.39, 0.29) is 10.8 Å². The molecule has 2 heterocycles. The Morgan fingerprint density at radius 1 is 0.523 bits per heavy atom. The summed E-state index contributed by atoms with van der Waals surface area (Å²) in [7, 11) is 0. The van der Waals surface area contributed by atoms with Gasteiger partial charge in [-0.05, 0) is 84.8 Å². The third-order valence-corrected chi connectivity index (χ3v) is 14.0. The van der Waals surface area contributed by atoms with Crippen LogP contribution in [0.1, 0.15) is 167 Å². The number of benzene rings is 4. The number of anilines is 1. The molecule has 0 aliphatic carbocycles. The van der Waals surface area contributed by atoms with Gasteiger partial charge in [-0.25, -0.2) is 0 Å². The summed E-state index contributed by atoms with van der Waals surface area (Å²) in [4.78, 5) is 24.1. The number of hydrogen-bond donors (Lipinski definition) is 2. The molecule has 6 nitrogen and oxygen atoms in total. The van der Waals surface area contributed by atoms with Crippen molar-refractivity contribution in [2.45, 2.75) is 167 Å². The molecule has 2 N–H and O–H groups in total. The maximum atomic E-state index is 10.8. The molecule has 6 heteroatoms. The highest BCUT2D eigenvalue weighted by Gasteiger charge is 2.45. The molecule has 4 aromatic rings. The van der Waals surface area contributed by atoms with Crippen molar-refractivity contribution in [2.24, 2.45) is 0 Å². The van der Waals surface area contributed by atoms with Crippen LogP contribution in [0, 0.1) is 0 Å². The van der Waals surface area contributed by atoms with Gasteiger partial charge < -0.3 is 15.1 Å². The van der Waals surface area contributed by atoms with Crippen LogP contribution in [0.15, 0.2) is 121 Å². The Kier molecular flexibility index (Phi) is 18.4. The van der Waals surface area contributed by atoms with Gasteiger partial charge in [0.25, 0.3) is 0 Å². The van der Waals surface area contributed by atoms with Crippen molar-refractivity contribution in [1.82, 2.24) is 0 Å². The molecule has 346 valence electrons. The van der Waals surface area contributed by atoms with Gasteiger partial charge >= 0.3 is 11.9 Å². The second-order valence-corrected chi connectivity index (χ2v) is 19.6. The molecule has 0 fully saturated rings. The number of aliphatic carboxylic acids is 2. The van der Waals surface area contributed by atoms with E-state index < -0.39 is 11.9 Å². The van der Waals surface area contributed by atoms with E-state index in [9.17, 15) is 9.59 Å². The van der Waals surface area contributed by atoms with E-state index in [1.165, 1.54) is 120 Å². The van der Waals surface area contributed by atoms with Gasteiger partial charge in [-0.3, -0.25) is 9.59 Å². The van der Waals surface area contributed by atoms with Crippen LogP contribution in [0.5, 0.6) is 0 Å². The molecule has 0 saturated heterocycles. The van der Waals surface area contributed by atoms with Gasteiger partial charge in [0.15, 0.2) is 5.71 Å². The quantitative estimate of drug-likeness (QED) is 0.0337. The molecule has 0 aromatic heterocycles. The molecule has 0 unspecified atom stereocenters. The van der Waals surface area contributed by atoms with Crippen molar-refractivity contribution in [3.8, 4) is 0 Å². The first-order valence-corrected chi connectivity index (χ1v) is 25.1. The van der Waals surface area contributed by atoms with Crippen LogP contribution >= 0.6 is 0 Å². The molecular formula is C59H77N2O4+. The van der Waals surface area contributed by atoms with Gasteiger partial charge in [0.2, 0.25) is 5.69 Å². The molecule has 65 heavy (non-hydrogen) atoms. The van der Waals surface area contributed by atoms with Crippen LogP contribution in [0.25, 0.3) is 21.5 Å². The van der Waals surface area contributed by atoms with Crippen LogP contribution < -0.4 is 4.90 Å². The van der Waals surface area contributed by atoms with Gasteiger partial charge in [0.05, 0.1) is 5.41 Å². The minimum absolute atomic E-state index is 0.136. The summed E-state index contributed by atoms with van der Waals surface area (Å²) < 4.78 is 2.58. The lowest BCUT2D eigenvalue weighted by Gasteiger charge is -2.27. The highest BCUT2D eigenvalue weighted by Crippen LogP contribution is 2.51. The predicted molar refractivity (Wildman–Crippen MR) is 274 cm³/mol. The Balaban J connectivity index is 1.10. The molecule has 2 aliphatic rings. The first-order chi connectivity index (χ1) is 31.5. The van der Waals surface area contributed by atoms with E-state index in [4.69, 9.17) is 10.2 Å². The number of allylic oxidation sites excluding steroid dienone is 8. The lowest BCUT2D eigenvalue weighted by atomic mass is 9.79. The van der Waals surface area contributed by atoms with Crippen molar-refractivity contribution in [3.05, 3.63) is 132 Å². The Morgan fingerprint density at radius 3 is 1.58 bits per heavy atom. The Labute approximate surface area is 390 Å². The number of rotatable bonds is 28. The summed E-state index contributed by atoms with van der Waals surface area (Å²) in [5.74, 6) is -1.36. The third-order valence-electron chi connectivity index (χ3n) is 14.0. The van der Waals surface area contributed by atoms with Gasteiger partial charge in [-0.1, -0.05) is 182 Å². The summed E-state index contributed by atoms with van der Waals surface area (Å²) >= 11 is 0. The molecular weight excluding hydrogens is 801 g/mol. The zero-order valence-corrected chi connectivity index (χ0v) is 40.1. The van der Waals surface area contributed by atoms with Crippen LogP contribution in [-0.2, 0) is 20.4 Å². The van der Waals surface area contributed by atoms with Crippen LogP contribution in [0.4, 0.5) is 11.4 Å². The fourth-order valence-electron chi connectivity index (χ4n) is 10.6. The van der Waals surface area contributed by atoms with Crippen LogP contribution in [0.2, 0.25) is 0 Å². The average molecular weight is 878 g/mol. The fourth-order valence-corrected chi connectivity index (χ4v) is 10.6. The molecule has 0 bridgehead atoms. The smallest absolute Gasteiger partial charge is 0.303 e. The largest absolute Gasteiger partial charge is 0.481 e. The Bertz CT molecular complexity index is 2380. The maximum Gasteiger partial charge on any atom is 0.303 e. The highest BCUT2D eigenvalue weighted by atomic mass is 16.4. The van der Waals surface area contributed by atoms with E-state index in [1.54, 1.807) is 0 Å². The second kappa shape index (κ2) is 24.3. The normalized spacial score (nSPS) is 16.1. The summed E-state index contributed by atoms with van der Waals surface area (Å²) in [5.41, 5.74) is 7.95. The number of carboxylic acids is 2. The number of hydrogen-bond acceptors (Lipinski definition) is 3. The fraction of sp³-hybridized carbons (Fsp3) is 0.475. The standard InChI is InChI=1S/C59H76N2O4/c1-58(2)52(60(50-42-40-46-32-26-28-34-48(46)56(50)58)44-30-20-13-9-5-7-11-18-24-38-54(62)63)36-22-16-15-17-23-37-53-59(3,4)57-49-35-29-27-33-47(49)41-43-51(57)61(53)45-31-21-14-10-6-8-12-19-25-39-55(64)65/h15-17,22-23,26-29,32-37,40-43H,5-14,18-21,24-25,30-31,38-39,44-45H2,1-4H3,(H-,62,63,64,65)/p+1. The van der Waals surface area contributed by atoms with Gasteiger partial charge in [-0.15, -0.1) is 0 Å². The van der Waals surface area contributed by atoms with Gasteiger partial charge in [0.1, 0.15) is 6.54 Å². The third kappa shape index (κ3) is 13.0. The van der Waals surface area contributed by atoms with Crippen molar-refractivity contribution < 1.29 is 24.4 Å². The van der Waals surface area contributed by atoms with Crippen LogP contribution in [0.3, 0.4) is 0 Å². The van der Waals surface area contributed by atoms with Crippen molar-refractivity contribution in [2.75, 3.05) is 18.0 Å². The lowest BCUT2D eigenvalue weighted by Crippen LogP contribution is -2.28. The molecule has 4 aromatic carbocycles. The molecule has 0 amide bonds. The number of fused-ring (bicyclic) bond motifs is 6. The van der Waals surface area contributed by atoms with Gasteiger partial charge in [0, 0.05) is 60.3 Å². The first-order valence-electron chi connectivity index (χ1n) is 25.1. The topological polar surface area (TPSA) is 80.9 Å². The van der Waals surface area contributed by atoms with Crippen molar-refractivity contribution >= 4 is 50.6 Å². The number of carboxylic acid groups (broad SMARTS) is 2. The monoisotopic (exact) mass is 878 g/mol. The van der Waals surface area contributed by atoms with E-state index >= 15 is 0 Å². The molecule has 6 rings (SSSR count). The van der Waals surface area contributed by atoms with E-state index in [2.05, 4.69) is 152 Å². The van der Waals surface area contributed by atoms with Crippen molar-refractivity contribution in [1.29, 1.82) is 0 Å². The molecule has 0 radical (unpaired) electrons. The summed E-state index contributed by atoms with van der Waals surface area (Å²) in [6.07, 6.45) is 36.7. The van der Waals surface area contributed by atoms with E-state index in [0.29, 0.717) is 12.8 Å². The maximum absolute atomic E-state index is 10.8. The van der Waals surface area contributed by atoms with Crippen molar-refractivity contribution in [3.63, 3.8) is 0 Å². The molecule has 0 saturated carbocycles. The number of carbonyl (C=O) groups is 2. The first kappa shape index (κ1) is 49.2. The molecule has 0 atom stereocenters. The van der Waals surface area contributed by atoms with E-state index in [0.717, 1.165) is 64.5 Å². The minimum Gasteiger partial charge on any atom is -0.481 e. The SMILES string of the molecule is CC1(C)C(/C=C/C=C/C=C/C=C2/N(CCCCCCCCCCCC(=O)O)c3ccc4ccccc4c3C2(C)C)=[N+](CCCCCCCCCCCC(=O)O)c2ccc3ccccc3c21. The zero-order chi connectivity index (χ0) is 46.1. The Hall–Kier alpha value is -5.23. The Morgan fingerprint density at radius 2 is 1.00 bits per heavy atom. The minimum atomic E-state index is -0.682. The second-order valence-electron chi connectivity index (χ2n) is 19.6. The number of unbranched alkanes of at least 4 members (excludes halogenated alkanes) is 16. The number of nitrogens with zero attached hydrogens (tertiary/aromatic N) is 2. The predicted octanol–water partition coefficient (Wildman–Crippen LogP) is 15.7. The zero-order valence-electron chi connectivity index (χ0n) is 40.1. The molecule has 2 aliphatic heterocycles. The average Bonchev–Trinajstić information content (AvgIpc) is 3.64. The van der Waals surface area contributed by atoms with Gasteiger partial charge in [-0.2, -0.15) is 4.58 Å². The van der Waals surface area contributed by atoms with E-state index in [1.807, 2.05) is 0 Å². The molecule has 0 spiro atoms. The highest BCUT2D eigenvalue weighted by molar-refractivity contribution is 6.07. The summed E-state index contributed by atoms with van der Waals surface area (Å²) in [5, 5.41) is 23.0. The van der Waals surface area contributed by atoms with Crippen LogP contribution in [-0.4, -0.2) is 45.5 Å². The summed E-state index contributed by atoms with van der Waals surface area (Å²) in [6.45, 7) is 11.5. The lowest BCUT2D eigenvalue weighted by molar-refractivity contribution is -0.438. The summed E-state index contributed by atoms with van der Waals surface area (Å²) in [6, 6.07) is 26.9.